The fourth-order valence-corrected chi connectivity index (χ4v) is 4.60. The van der Waals surface area contributed by atoms with Gasteiger partial charge < -0.3 is 15.5 Å². The number of nitrogens with two attached hydrogens (primary N) is 1. The largest absolute Gasteiger partial charge is 0.383 e. The lowest BCUT2D eigenvalue weighted by Crippen LogP contribution is -2.33. The summed E-state index contributed by atoms with van der Waals surface area (Å²) in [7, 11) is 0. The molecule has 8 nitrogen and oxygen atoms in total. The van der Waals surface area contributed by atoms with Crippen molar-refractivity contribution in [2.45, 2.75) is 37.5 Å². The topological polar surface area (TPSA) is 111 Å². The number of anilines is 2. The van der Waals surface area contributed by atoms with Crippen molar-refractivity contribution in [3.8, 4) is 11.5 Å². The fourth-order valence-electron chi connectivity index (χ4n) is 4.60. The number of carbonyl (C=O) groups excluding carboxylic acids is 1. The molecular weight excluding hydrogens is 409 g/mol. The lowest BCUT2D eigenvalue weighted by atomic mass is 9.78. The molecule has 3 aromatic heterocycles. The summed E-state index contributed by atoms with van der Waals surface area (Å²) in [4.78, 5) is 31.4. The Morgan fingerprint density at radius 3 is 2.69 bits per heavy atom. The summed E-state index contributed by atoms with van der Waals surface area (Å²) in [6, 6.07) is 5.81. The Morgan fingerprint density at radius 2 is 1.97 bits per heavy atom. The molecule has 1 unspecified atom stereocenters. The van der Waals surface area contributed by atoms with E-state index in [-0.39, 0.29) is 17.5 Å². The van der Waals surface area contributed by atoms with E-state index in [0.717, 1.165) is 24.2 Å². The van der Waals surface area contributed by atoms with Crippen LogP contribution < -0.4 is 11.1 Å². The first-order valence-electron chi connectivity index (χ1n) is 10.5. The second kappa shape index (κ2) is 6.56. The summed E-state index contributed by atoms with van der Waals surface area (Å²) in [6.07, 6.45) is 8.78. The van der Waals surface area contributed by atoms with E-state index >= 15 is 0 Å². The summed E-state index contributed by atoms with van der Waals surface area (Å²) < 4.78 is 15.4. The van der Waals surface area contributed by atoms with Crippen molar-refractivity contribution in [2.24, 2.45) is 0 Å². The summed E-state index contributed by atoms with van der Waals surface area (Å²) >= 11 is 0. The van der Waals surface area contributed by atoms with Crippen LogP contribution in [0.3, 0.4) is 0 Å². The summed E-state index contributed by atoms with van der Waals surface area (Å²) in [5, 5.41) is 2.83. The zero-order valence-corrected chi connectivity index (χ0v) is 17.3. The number of nitrogen functional groups attached to an aromatic ring is 1. The second-order valence-corrected chi connectivity index (χ2v) is 8.54. The average Bonchev–Trinajstić information content (AvgIpc) is 3.30. The molecular formula is C23H20FN7O. The first kappa shape index (κ1) is 18.9. The Bertz CT molecular complexity index is 1390. The molecule has 0 spiro atoms. The van der Waals surface area contributed by atoms with Gasteiger partial charge in [-0.2, -0.15) is 0 Å². The highest BCUT2D eigenvalue weighted by Gasteiger charge is 2.47. The Labute approximate surface area is 182 Å². The van der Waals surface area contributed by atoms with Crippen molar-refractivity contribution in [3.05, 3.63) is 65.5 Å². The number of nitrogens with one attached hydrogen (secondary N) is 1. The van der Waals surface area contributed by atoms with Crippen LogP contribution in [0, 0.1) is 5.82 Å². The summed E-state index contributed by atoms with van der Waals surface area (Å²) in [6.45, 7) is 1.74. The molecule has 4 aromatic rings. The molecule has 0 radical (unpaired) electrons. The molecule has 32 heavy (non-hydrogen) atoms. The van der Waals surface area contributed by atoms with Gasteiger partial charge in [0.15, 0.2) is 11.5 Å². The predicted octanol–water partition coefficient (Wildman–Crippen LogP) is 3.43. The molecule has 9 heteroatoms. The predicted molar refractivity (Wildman–Crippen MR) is 117 cm³/mol. The van der Waals surface area contributed by atoms with E-state index in [4.69, 9.17) is 10.7 Å². The molecule has 3 N–H and O–H groups in total. The average molecular weight is 429 g/mol. The standard InChI is InChI=1S/C23H20FN7O/c1-23(13-5-7-14(24)8-6-13)16-18(25)28-19(29-20(16)30-22(23)32)15-11-31-10-9-26-21(31)17(27-15)12-3-2-4-12/h5-12H,2-4H2,1H3,(H3,25,28,29,30,32). The van der Waals surface area contributed by atoms with Crippen molar-refractivity contribution in [2.75, 3.05) is 11.1 Å². The normalized spacial score (nSPS) is 20.2. The van der Waals surface area contributed by atoms with Gasteiger partial charge in [-0.05, 0) is 37.5 Å². The van der Waals surface area contributed by atoms with E-state index < -0.39 is 5.41 Å². The molecule has 1 fully saturated rings. The number of rotatable bonds is 3. The van der Waals surface area contributed by atoms with Gasteiger partial charge in [-0.25, -0.2) is 24.3 Å². The van der Waals surface area contributed by atoms with Gasteiger partial charge in [-0.15, -0.1) is 0 Å². The highest BCUT2D eigenvalue weighted by Crippen LogP contribution is 2.45. The summed E-state index contributed by atoms with van der Waals surface area (Å²) in [5.74, 6) is 0.577. The number of benzene rings is 1. The van der Waals surface area contributed by atoms with Gasteiger partial charge in [0.05, 0.1) is 11.3 Å². The van der Waals surface area contributed by atoms with Crippen molar-refractivity contribution < 1.29 is 9.18 Å². The third-order valence-corrected chi connectivity index (χ3v) is 6.67. The van der Waals surface area contributed by atoms with Gasteiger partial charge >= 0.3 is 0 Å². The molecule has 1 aliphatic carbocycles. The minimum atomic E-state index is -1.12. The van der Waals surface area contributed by atoms with Crippen molar-refractivity contribution in [1.29, 1.82) is 0 Å². The zero-order valence-electron chi connectivity index (χ0n) is 17.3. The number of halogens is 1. The smallest absolute Gasteiger partial charge is 0.240 e. The minimum Gasteiger partial charge on any atom is -0.383 e. The first-order chi connectivity index (χ1) is 15.4. The number of amides is 1. The second-order valence-electron chi connectivity index (χ2n) is 8.54. The highest BCUT2D eigenvalue weighted by atomic mass is 19.1. The van der Waals surface area contributed by atoms with E-state index in [2.05, 4.69) is 20.3 Å². The number of carbonyl (C=O) groups is 1. The summed E-state index contributed by atoms with van der Waals surface area (Å²) in [5.41, 5.74) is 8.70. The van der Waals surface area contributed by atoms with Crippen LogP contribution in [0.25, 0.3) is 17.2 Å². The molecule has 4 heterocycles. The Hall–Kier alpha value is -3.88. The molecule has 2 aliphatic rings. The van der Waals surface area contributed by atoms with E-state index in [1.165, 1.54) is 18.6 Å². The lowest BCUT2D eigenvalue weighted by Gasteiger charge is -2.25. The Kier molecular flexibility index (Phi) is 3.86. The van der Waals surface area contributed by atoms with Crippen LogP contribution >= 0.6 is 0 Å². The molecule has 6 rings (SSSR count). The number of fused-ring (bicyclic) bond motifs is 2. The molecule has 0 bridgehead atoms. The lowest BCUT2D eigenvalue weighted by molar-refractivity contribution is -0.119. The zero-order chi connectivity index (χ0) is 22.0. The van der Waals surface area contributed by atoms with Crippen LogP contribution in [0.4, 0.5) is 16.0 Å². The van der Waals surface area contributed by atoms with Crippen LogP contribution in [-0.4, -0.2) is 30.2 Å². The van der Waals surface area contributed by atoms with Crippen LogP contribution in [0.1, 0.15) is 48.9 Å². The Morgan fingerprint density at radius 1 is 1.19 bits per heavy atom. The number of aromatic nitrogens is 5. The maximum Gasteiger partial charge on any atom is 0.240 e. The Balaban J connectivity index is 1.49. The maximum absolute atomic E-state index is 13.5. The quantitative estimate of drug-likeness (QED) is 0.516. The van der Waals surface area contributed by atoms with Gasteiger partial charge in [0.2, 0.25) is 5.91 Å². The number of nitrogens with zero attached hydrogens (tertiary/aromatic N) is 5. The molecule has 1 amide bonds. The SMILES string of the molecule is CC1(c2ccc(F)cc2)C(=O)Nc2nc(-c3cn4ccnc4c(C4CCC4)n3)nc(N)c21. The molecule has 1 aliphatic heterocycles. The molecule has 0 saturated heterocycles. The first-order valence-corrected chi connectivity index (χ1v) is 10.5. The van der Waals surface area contributed by atoms with E-state index in [1.54, 1.807) is 25.3 Å². The van der Waals surface area contributed by atoms with Gasteiger partial charge in [-0.1, -0.05) is 18.6 Å². The van der Waals surface area contributed by atoms with Gasteiger partial charge in [0.1, 0.15) is 28.6 Å². The van der Waals surface area contributed by atoms with Crippen LogP contribution in [0.5, 0.6) is 0 Å². The van der Waals surface area contributed by atoms with Gasteiger partial charge in [0.25, 0.3) is 0 Å². The maximum atomic E-state index is 13.5. The number of hydrogen-bond acceptors (Lipinski definition) is 6. The third kappa shape index (κ3) is 2.57. The molecule has 160 valence electrons. The fraction of sp³-hybridized carbons (Fsp3) is 0.261. The van der Waals surface area contributed by atoms with Gasteiger partial charge in [0, 0.05) is 24.5 Å². The molecule has 1 atom stereocenters. The number of hydrogen-bond donors (Lipinski definition) is 2. The van der Waals surface area contributed by atoms with Crippen LogP contribution in [0.2, 0.25) is 0 Å². The molecule has 1 saturated carbocycles. The van der Waals surface area contributed by atoms with Crippen molar-refractivity contribution >= 4 is 23.2 Å². The van der Waals surface area contributed by atoms with Crippen LogP contribution in [0.15, 0.2) is 42.9 Å². The minimum absolute atomic E-state index is 0.188. The van der Waals surface area contributed by atoms with Crippen molar-refractivity contribution in [3.63, 3.8) is 0 Å². The highest BCUT2D eigenvalue weighted by molar-refractivity contribution is 6.09. The van der Waals surface area contributed by atoms with E-state index in [9.17, 15) is 9.18 Å². The van der Waals surface area contributed by atoms with Crippen molar-refractivity contribution in [1.82, 2.24) is 24.3 Å². The van der Waals surface area contributed by atoms with E-state index in [1.807, 2.05) is 16.8 Å². The van der Waals surface area contributed by atoms with Crippen LogP contribution in [-0.2, 0) is 10.2 Å². The third-order valence-electron chi connectivity index (χ3n) is 6.67. The van der Waals surface area contributed by atoms with Gasteiger partial charge in [-0.3, -0.25) is 4.79 Å². The monoisotopic (exact) mass is 429 g/mol. The number of imidazole rings is 1. The molecule has 1 aromatic carbocycles. The van der Waals surface area contributed by atoms with E-state index in [0.29, 0.717) is 34.4 Å².